The monoisotopic (exact) mass is 242 g/mol. The van der Waals surface area contributed by atoms with Crippen molar-refractivity contribution in [1.29, 1.82) is 0 Å². The van der Waals surface area contributed by atoms with Crippen LogP contribution in [0.3, 0.4) is 0 Å². The van der Waals surface area contributed by atoms with Crippen molar-refractivity contribution in [1.82, 2.24) is 10.2 Å². The highest BCUT2D eigenvalue weighted by molar-refractivity contribution is 5.80. The molecule has 0 aliphatic carbocycles. The number of nitrogens with zero attached hydrogens (tertiary/aromatic N) is 1. The van der Waals surface area contributed by atoms with Crippen LogP contribution in [-0.4, -0.2) is 41.6 Å². The van der Waals surface area contributed by atoms with Crippen LogP contribution in [0.5, 0.6) is 0 Å². The average Bonchev–Trinajstić information content (AvgIpc) is 2.27. The van der Waals surface area contributed by atoms with Crippen molar-refractivity contribution in [3.05, 3.63) is 12.7 Å². The maximum Gasteiger partial charge on any atom is 0.323 e. The van der Waals surface area contributed by atoms with E-state index in [9.17, 15) is 9.59 Å². The third-order valence-electron chi connectivity index (χ3n) is 2.27. The molecular weight excluding hydrogens is 220 g/mol. The number of carbonyl (C=O) groups excluding carboxylic acids is 1. The van der Waals surface area contributed by atoms with Gasteiger partial charge in [-0.15, -0.1) is 6.58 Å². The van der Waals surface area contributed by atoms with Crippen LogP contribution in [0.1, 0.15) is 32.6 Å². The van der Waals surface area contributed by atoms with E-state index in [1.807, 2.05) is 0 Å². The molecule has 0 unspecified atom stereocenters. The molecule has 0 fully saturated rings. The van der Waals surface area contributed by atoms with Crippen molar-refractivity contribution < 1.29 is 14.7 Å². The van der Waals surface area contributed by atoms with Gasteiger partial charge in [-0.3, -0.25) is 4.79 Å². The Bertz CT molecular complexity index is 254. The van der Waals surface area contributed by atoms with Gasteiger partial charge in [-0.25, -0.2) is 4.79 Å². The molecule has 0 bridgehead atoms. The van der Waals surface area contributed by atoms with E-state index < -0.39 is 5.97 Å². The number of amides is 2. The van der Waals surface area contributed by atoms with E-state index in [1.165, 1.54) is 11.0 Å². The summed E-state index contributed by atoms with van der Waals surface area (Å²) in [5, 5.41) is 11.4. The number of rotatable bonds is 9. The zero-order chi connectivity index (χ0) is 13.1. The Kier molecular flexibility index (Phi) is 8.82. The second-order valence-corrected chi connectivity index (χ2v) is 3.86. The summed E-state index contributed by atoms with van der Waals surface area (Å²) < 4.78 is 0. The summed E-state index contributed by atoms with van der Waals surface area (Å²) in [6.45, 7) is 6.15. The van der Waals surface area contributed by atoms with Crippen LogP contribution in [0.25, 0.3) is 0 Å². The second kappa shape index (κ2) is 9.69. The first kappa shape index (κ1) is 15.5. The first-order chi connectivity index (χ1) is 8.11. The normalized spacial score (nSPS) is 9.71. The van der Waals surface area contributed by atoms with Crippen molar-refractivity contribution in [2.45, 2.75) is 32.6 Å². The lowest BCUT2D eigenvalue weighted by Crippen LogP contribution is -2.43. The van der Waals surface area contributed by atoms with Crippen molar-refractivity contribution in [3.63, 3.8) is 0 Å². The van der Waals surface area contributed by atoms with Crippen LogP contribution in [0.2, 0.25) is 0 Å². The molecule has 0 aliphatic rings. The van der Waals surface area contributed by atoms with E-state index in [4.69, 9.17) is 5.11 Å². The average molecular weight is 242 g/mol. The number of hydrogen-bond donors (Lipinski definition) is 2. The van der Waals surface area contributed by atoms with Gasteiger partial charge in [0.15, 0.2) is 0 Å². The molecule has 98 valence electrons. The molecule has 0 aliphatic heterocycles. The molecule has 5 nitrogen and oxygen atoms in total. The van der Waals surface area contributed by atoms with Gasteiger partial charge in [0, 0.05) is 13.1 Å². The third kappa shape index (κ3) is 8.30. The van der Waals surface area contributed by atoms with Crippen LogP contribution in [0.15, 0.2) is 12.7 Å². The molecule has 0 atom stereocenters. The van der Waals surface area contributed by atoms with Crippen LogP contribution < -0.4 is 5.32 Å². The smallest absolute Gasteiger partial charge is 0.323 e. The van der Waals surface area contributed by atoms with Gasteiger partial charge in [-0.1, -0.05) is 32.3 Å². The van der Waals surface area contributed by atoms with Gasteiger partial charge < -0.3 is 15.3 Å². The highest BCUT2D eigenvalue weighted by Crippen LogP contribution is 1.98. The summed E-state index contributed by atoms with van der Waals surface area (Å²) in [4.78, 5) is 23.4. The zero-order valence-electron chi connectivity index (χ0n) is 10.4. The van der Waals surface area contributed by atoms with E-state index >= 15 is 0 Å². The number of carbonyl (C=O) groups is 2. The molecule has 0 saturated heterocycles. The van der Waals surface area contributed by atoms with E-state index in [1.54, 1.807) is 0 Å². The minimum absolute atomic E-state index is 0.243. The fourth-order valence-corrected chi connectivity index (χ4v) is 1.40. The summed E-state index contributed by atoms with van der Waals surface area (Å²) in [5.74, 6) is -1.02. The standard InChI is InChI=1S/C12H22N2O3/c1-3-5-6-7-8-13-12(17)14(9-4-2)10-11(15)16/h4H,2-3,5-10H2,1H3,(H,13,17)(H,15,16). The van der Waals surface area contributed by atoms with E-state index in [0.717, 1.165) is 25.7 Å². The van der Waals surface area contributed by atoms with Gasteiger partial charge >= 0.3 is 12.0 Å². The summed E-state index contributed by atoms with van der Waals surface area (Å²) >= 11 is 0. The summed E-state index contributed by atoms with van der Waals surface area (Å²) in [5.41, 5.74) is 0. The Hall–Kier alpha value is -1.52. The minimum Gasteiger partial charge on any atom is -0.480 e. The Balaban J connectivity index is 3.88. The highest BCUT2D eigenvalue weighted by Gasteiger charge is 2.14. The first-order valence-electron chi connectivity index (χ1n) is 5.97. The number of urea groups is 1. The van der Waals surface area contributed by atoms with E-state index in [0.29, 0.717) is 6.54 Å². The van der Waals surface area contributed by atoms with Crippen LogP contribution in [0, 0.1) is 0 Å². The SMILES string of the molecule is C=CCN(CC(=O)O)C(=O)NCCCCCC. The molecular formula is C12H22N2O3. The quantitative estimate of drug-likeness (QED) is 0.479. The van der Waals surface area contributed by atoms with E-state index in [2.05, 4.69) is 18.8 Å². The third-order valence-corrected chi connectivity index (χ3v) is 2.27. The molecule has 5 heteroatoms. The van der Waals surface area contributed by atoms with Crippen molar-refractivity contribution >= 4 is 12.0 Å². The molecule has 0 rings (SSSR count). The highest BCUT2D eigenvalue weighted by atomic mass is 16.4. The van der Waals surface area contributed by atoms with E-state index in [-0.39, 0.29) is 19.1 Å². The Morgan fingerprint density at radius 2 is 2.06 bits per heavy atom. The maximum absolute atomic E-state index is 11.6. The molecule has 2 N–H and O–H groups in total. The summed E-state index contributed by atoms with van der Waals surface area (Å²) in [7, 11) is 0. The fourth-order valence-electron chi connectivity index (χ4n) is 1.40. The van der Waals surface area contributed by atoms with Crippen molar-refractivity contribution in [2.24, 2.45) is 0 Å². The van der Waals surface area contributed by atoms with Crippen molar-refractivity contribution in [2.75, 3.05) is 19.6 Å². The lowest BCUT2D eigenvalue weighted by Gasteiger charge is -2.19. The predicted molar refractivity (Wildman–Crippen MR) is 66.9 cm³/mol. The number of unbranched alkanes of at least 4 members (excludes halogenated alkanes) is 3. The molecule has 0 saturated carbocycles. The van der Waals surface area contributed by atoms with Gasteiger partial charge in [0.25, 0.3) is 0 Å². The van der Waals surface area contributed by atoms with Crippen LogP contribution in [0.4, 0.5) is 4.79 Å². The second-order valence-electron chi connectivity index (χ2n) is 3.86. The molecule has 0 spiro atoms. The number of carboxylic acids is 1. The molecule has 0 aromatic heterocycles. The van der Waals surface area contributed by atoms with Gasteiger partial charge in [0.1, 0.15) is 6.54 Å². The number of aliphatic carboxylic acids is 1. The predicted octanol–water partition coefficient (Wildman–Crippen LogP) is 1.85. The number of hydrogen-bond acceptors (Lipinski definition) is 2. The molecule has 0 aromatic rings. The summed E-state index contributed by atoms with van der Waals surface area (Å²) in [6.07, 6.45) is 5.82. The molecule has 0 aromatic carbocycles. The van der Waals surface area contributed by atoms with Crippen LogP contribution >= 0.6 is 0 Å². The van der Waals surface area contributed by atoms with Crippen molar-refractivity contribution in [3.8, 4) is 0 Å². The molecule has 2 amide bonds. The Morgan fingerprint density at radius 3 is 2.59 bits per heavy atom. The minimum atomic E-state index is -1.02. The Labute approximate surface area is 102 Å². The number of nitrogens with one attached hydrogen (secondary N) is 1. The molecule has 17 heavy (non-hydrogen) atoms. The fraction of sp³-hybridized carbons (Fsp3) is 0.667. The lowest BCUT2D eigenvalue weighted by molar-refractivity contribution is -0.137. The van der Waals surface area contributed by atoms with Crippen LogP contribution in [-0.2, 0) is 4.79 Å². The topological polar surface area (TPSA) is 69.6 Å². The first-order valence-corrected chi connectivity index (χ1v) is 5.97. The summed E-state index contributed by atoms with van der Waals surface area (Å²) in [6, 6.07) is -0.344. The van der Waals surface area contributed by atoms with Gasteiger partial charge in [-0.05, 0) is 6.42 Å². The zero-order valence-corrected chi connectivity index (χ0v) is 10.4. The number of carboxylic acid groups (broad SMARTS) is 1. The maximum atomic E-state index is 11.6. The molecule has 0 heterocycles. The van der Waals surface area contributed by atoms with Gasteiger partial charge in [0.2, 0.25) is 0 Å². The van der Waals surface area contributed by atoms with Gasteiger partial charge in [-0.2, -0.15) is 0 Å². The lowest BCUT2D eigenvalue weighted by atomic mass is 10.2. The van der Waals surface area contributed by atoms with Gasteiger partial charge in [0.05, 0.1) is 0 Å². The largest absolute Gasteiger partial charge is 0.480 e. The molecule has 0 radical (unpaired) electrons. The Morgan fingerprint density at radius 1 is 1.35 bits per heavy atom.